The molecule has 19 heavy (non-hydrogen) atoms. The fourth-order valence-electron chi connectivity index (χ4n) is 1.70. The van der Waals surface area contributed by atoms with E-state index < -0.39 is 0 Å². The Morgan fingerprint density at radius 3 is 2.95 bits per heavy atom. The summed E-state index contributed by atoms with van der Waals surface area (Å²) in [5, 5.41) is 20.5. The lowest BCUT2D eigenvalue weighted by Crippen LogP contribution is -2.30. The number of nitrogens with zero attached hydrogens (tertiary/aromatic N) is 4. The van der Waals surface area contributed by atoms with Gasteiger partial charge in [0.25, 0.3) is 0 Å². The standard InChI is InChI=1S/C13H25N5O/c1-4-5-17(8-9-19)6-7-18-11-13(15-16-18)10-14-12(2)3/h4,11-12,14,19H,1,5-10H2,2-3H3. The molecule has 0 aromatic carbocycles. The molecule has 1 aromatic rings. The van der Waals surface area contributed by atoms with E-state index in [9.17, 15) is 0 Å². The molecule has 0 fully saturated rings. The van der Waals surface area contributed by atoms with Crippen LogP contribution in [0.5, 0.6) is 0 Å². The van der Waals surface area contributed by atoms with Crippen LogP contribution in [-0.4, -0.2) is 57.3 Å². The van der Waals surface area contributed by atoms with Crippen molar-refractivity contribution in [2.24, 2.45) is 0 Å². The zero-order chi connectivity index (χ0) is 14.1. The minimum Gasteiger partial charge on any atom is -0.395 e. The smallest absolute Gasteiger partial charge is 0.0964 e. The van der Waals surface area contributed by atoms with Gasteiger partial charge in [0.2, 0.25) is 0 Å². The summed E-state index contributed by atoms with van der Waals surface area (Å²) in [4.78, 5) is 2.13. The molecule has 0 amide bonds. The molecule has 108 valence electrons. The van der Waals surface area contributed by atoms with Crippen molar-refractivity contribution >= 4 is 0 Å². The predicted molar refractivity (Wildman–Crippen MR) is 75.7 cm³/mol. The fourth-order valence-corrected chi connectivity index (χ4v) is 1.70. The van der Waals surface area contributed by atoms with E-state index in [0.717, 1.165) is 31.9 Å². The van der Waals surface area contributed by atoms with Gasteiger partial charge in [-0.3, -0.25) is 9.58 Å². The van der Waals surface area contributed by atoms with Crippen molar-refractivity contribution in [3.05, 3.63) is 24.5 Å². The molecule has 0 saturated heterocycles. The monoisotopic (exact) mass is 267 g/mol. The van der Waals surface area contributed by atoms with Crippen LogP contribution >= 0.6 is 0 Å². The van der Waals surface area contributed by atoms with Gasteiger partial charge in [0.05, 0.1) is 18.8 Å². The van der Waals surface area contributed by atoms with Gasteiger partial charge in [0.15, 0.2) is 0 Å². The SMILES string of the molecule is C=CCN(CCO)CCn1cc(CNC(C)C)nn1. The maximum atomic E-state index is 8.97. The topological polar surface area (TPSA) is 66.2 Å². The van der Waals surface area contributed by atoms with Crippen molar-refractivity contribution in [1.29, 1.82) is 0 Å². The molecule has 0 aliphatic rings. The van der Waals surface area contributed by atoms with Crippen molar-refractivity contribution in [3.8, 4) is 0 Å². The number of hydrogen-bond donors (Lipinski definition) is 2. The van der Waals surface area contributed by atoms with Crippen molar-refractivity contribution in [2.75, 3.05) is 26.2 Å². The number of aromatic nitrogens is 3. The van der Waals surface area contributed by atoms with Gasteiger partial charge in [-0.15, -0.1) is 11.7 Å². The molecule has 6 heteroatoms. The van der Waals surface area contributed by atoms with Gasteiger partial charge in [-0.05, 0) is 0 Å². The summed E-state index contributed by atoms with van der Waals surface area (Å²) in [5.41, 5.74) is 0.950. The van der Waals surface area contributed by atoms with E-state index in [2.05, 4.69) is 41.0 Å². The molecule has 0 radical (unpaired) electrons. The van der Waals surface area contributed by atoms with E-state index in [-0.39, 0.29) is 6.61 Å². The van der Waals surface area contributed by atoms with Crippen LogP contribution in [0.2, 0.25) is 0 Å². The molecule has 0 aliphatic carbocycles. The average Bonchev–Trinajstić information content (AvgIpc) is 2.82. The molecule has 0 atom stereocenters. The van der Waals surface area contributed by atoms with Gasteiger partial charge in [0.1, 0.15) is 0 Å². The Morgan fingerprint density at radius 1 is 1.53 bits per heavy atom. The van der Waals surface area contributed by atoms with Crippen LogP contribution in [0, 0.1) is 0 Å². The quantitative estimate of drug-likeness (QED) is 0.595. The maximum absolute atomic E-state index is 8.97. The summed E-state index contributed by atoms with van der Waals surface area (Å²) in [7, 11) is 0. The largest absolute Gasteiger partial charge is 0.395 e. The van der Waals surface area contributed by atoms with E-state index in [1.807, 2.05) is 17.0 Å². The van der Waals surface area contributed by atoms with E-state index >= 15 is 0 Å². The molecule has 0 saturated carbocycles. The average molecular weight is 267 g/mol. The van der Waals surface area contributed by atoms with Crippen LogP contribution < -0.4 is 5.32 Å². The molecule has 1 heterocycles. The molecule has 0 bridgehead atoms. The Bertz CT molecular complexity index is 364. The summed E-state index contributed by atoms with van der Waals surface area (Å²) in [6, 6.07) is 0.442. The zero-order valence-electron chi connectivity index (χ0n) is 11.9. The number of hydrogen-bond acceptors (Lipinski definition) is 5. The van der Waals surface area contributed by atoms with Gasteiger partial charge < -0.3 is 10.4 Å². The first-order valence-corrected chi connectivity index (χ1v) is 6.72. The summed E-state index contributed by atoms with van der Waals surface area (Å²) < 4.78 is 1.84. The summed E-state index contributed by atoms with van der Waals surface area (Å²) >= 11 is 0. The van der Waals surface area contributed by atoms with E-state index in [1.54, 1.807) is 0 Å². The molecule has 6 nitrogen and oxygen atoms in total. The van der Waals surface area contributed by atoms with Gasteiger partial charge in [0, 0.05) is 38.4 Å². The summed E-state index contributed by atoms with van der Waals surface area (Å²) in [6.45, 7) is 11.8. The van der Waals surface area contributed by atoms with Crippen LogP contribution in [0.1, 0.15) is 19.5 Å². The van der Waals surface area contributed by atoms with Crippen LogP contribution in [0.25, 0.3) is 0 Å². The Morgan fingerprint density at radius 2 is 2.32 bits per heavy atom. The second-order valence-electron chi connectivity index (χ2n) is 4.82. The van der Waals surface area contributed by atoms with Crippen molar-refractivity contribution in [3.63, 3.8) is 0 Å². The highest BCUT2D eigenvalue weighted by molar-refractivity contribution is 4.91. The maximum Gasteiger partial charge on any atom is 0.0964 e. The number of aliphatic hydroxyl groups excluding tert-OH is 1. The Labute approximate surface area is 115 Å². The normalized spacial score (nSPS) is 11.4. The minimum absolute atomic E-state index is 0.161. The molecular formula is C13H25N5O. The van der Waals surface area contributed by atoms with Gasteiger partial charge in [-0.25, -0.2) is 0 Å². The zero-order valence-corrected chi connectivity index (χ0v) is 11.9. The van der Waals surface area contributed by atoms with Crippen LogP contribution in [0.15, 0.2) is 18.9 Å². The van der Waals surface area contributed by atoms with Gasteiger partial charge in [-0.2, -0.15) is 0 Å². The highest BCUT2D eigenvalue weighted by Gasteiger charge is 2.05. The van der Waals surface area contributed by atoms with E-state index in [0.29, 0.717) is 12.6 Å². The molecule has 0 aliphatic heterocycles. The van der Waals surface area contributed by atoms with E-state index in [4.69, 9.17) is 5.11 Å². The first kappa shape index (κ1) is 15.8. The first-order chi connectivity index (χ1) is 9.15. The lowest BCUT2D eigenvalue weighted by Gasteiger charge is -2.18. The molecule has 0 unspecified atom stereocenters. The lowest BCUT2D eigenvalue weighted by molar-refractivity contribution is 0.202. The highest BCUT2D eigenvalue weighted by atomic mass is 16.3. The van der Waals surface area contributed by atoms with Crippen molar-refractivity contribution in [2.45, 2.75) is 33.0 Å². The number of rotatable bonds is 10. The second-order valence-corrected chi connectivity index (χ2v) is 4.82. The number of nitrogens with one attached hydrogen (secondary N) is 1. The molecule has 0 spiro atoms. The molecular weight excluding hydrogens is 242 g/mol. The van der Waals surface area contributed by atoms with Crippen LogP contribution in [0.4, 0.5) is 0 Å². The summed E-state index contributed by atoms with van der Waals surface area (Å²) in [5.74, 6) is 0. The van der Waals surface area contributed by atoms with Crippen molar-refractivity contribution in [1.82, 2.24) is 25.2 Å². The lowest BCUT2D eigenvalue weighted by atomic mass is 10.3. The van der Waals surface area contributed by atoms with E-state index in [1.165, 1.54) is 0 Å². The third kappa shape index (κ3) is 6.47. The highest BCUT2D eigenvalue weighted by Crippen LogP contribution is 1.96. The number of aliphatic hydroxyl groups is 1. The Hall–Kier alpha value is -1.24. The third-order valence-electron chi connectivity index (χ3n) is 2.73. The predicted octanol–water partition coefficient (Wildman–Crippen LogP) is 0.256. The Balaban J connectivity index is 2.37. The van der Waals surface area contributed by atoms with Crippen molar-refractivity contribution < 1.29 is 5.11 Å². The summed E-state index contributed by atoms with van der Waals surface area (Å²) in [6.07, 6.45) is 3.80. The third-order valence-corrected chi connectivity index (χ3v) is 2.73. The van der Waals surface area contributed by atoms with Gasteiger partial charge in [-0.1, -0.05) is 25.1 Å². The molecule has 1 rings (SSSR count). The molecule has 2 N–H and O–H groups in total. The van der Waals surface area contributed by atoms with Gasteiger partial charge >= 0.3 is 0 Å². The van der Waals surface area contributed by atoms with Crippen LogP contribution in [0.3, 0.4) is 0 Å². The molecule has 1 aromatic heterocycles. The first-order valence-electron chi connectivity index (χ1n) is 6.72. The fraction of sp³-hybridized carbons (Fsp3) is 0.692. The van der Waals surface area contributed by atoms with Crippen LogP contribution in [-0.2, 0) is 13.1 Å². The second kappa shape index (κ2) is 8.79. The Kier molecular flexibility index (Phi) is 7.32. The minimum atomic E-state index is 0.161.